The normalized spacial score (nSPS) is 11.4. The van der Waals surface area contributed by atoms with E-state index in [0.717, 1.165) is 27.2 Å². The van der Waals surface area contributed by atoms with Crippen molar-refractivity contribution in [2.75, 3.05) is 4.90 Å². The van der Waals surface area contributed by atoms with E-state index in [1.807, 2.05) is 0 Å². The topological polar surface area (TPSA) is 8.17 Å². The third kappa shape index (κ3) is 4.41. The monoisotopic (exact) mass is 614 g/mol. The second-order valence-electron chi connectivity index (χ2n) is 10.8. The molecule has 0 aliphatic carbocycles. The van der Waals surface area contributed by atoms with E-state index in [1.54, 1.807) is 0 Å². The minimum atomic E-state index is 1.11. The molecule has 0 N–H and O–H groups in total. The molecule has 0 amide bonds. The van der Waals surface area contributed by atoms with Gasteiger partial charge in [0, 0.05) is 38.0 Å². The van der Waals surface area contributed by atoms with Crippen molar-refractivity contribution in [2.45, 2.75) is 0 Å². The van der Waals surface area contributed by atoms with Gasteiger partial charge in [0.25, 0.3) is 0 Å². The highest BCUT2D eigenvalue weighted by Gasteiger charge is 2.18. The number of rotatable bonds is 5. The van der Waals surface area contributed by atoms with Gasteiger partial charge in [-0.2, -0.15) is 0 Å². The molecule has 1 heterocycles. The second kappa shape index (κ2) is 10.6. The van der Waals surface area contributed by atoms with Crippen LogP contribution in [0.5, 0.6) is 0 Å². The van der Waals surface area contributed by atoms with Gasteiger partial charge >= 0.3 is 0 Å². The molecule has 2 nitrogen and oxygen atoms in total. The zero-order valence-corrected chi connectivity index (χ0v) is 24.9. The molecule has 0 radical (unpaired) electrons. The van der Waals surface area contributed by atoms with Crippen LogP contribution in [-0.2, 0) is 0 Å². The smallest absolute Gasteiger partial charge is 0.0561 e. The van der Waals surface area contributed by atoms with E-state index >= 15 is 0 Å². The quantitative estimate of drug-likeness (QED) is 0.187. The van der Waals surface area contributed by atoms with Crippen molar-refractivity contribution in [1.82, 2.24) is 4.57 Å². The van der Waals surface area contributed by atoms with Crippen LogP contribution in [-0.4, -0.2) is 4.57 Å². The first-order valence-electron chi connectivity index (χ1n) is 14.5. The van der Waals surface area contributed by atoms with Gasteiger partial charge in [-0.05, 0) is 82.6 Å². The molecule has 7 aromatic carbocycles. The molecule has 0 atom stereocenters. The first-order chi connectivity index (χ1) is 21.3. The average molecular weight is 616 g/mol. The minimum Gasteiger partial charge on any atom is -0.310 e. The number of benzene rings is 7. The Balaban J connectivity index is 1.40. The van der Waals surface area contributed by atoms with Crippen molar-refractivity contribution >= 4 is 65.6 Å². The van der Waals surface area contributed by atoms with Gasteiger partial charge in [0.2, 0.25) is 0 Å². The Morgan fingerprint density at radius 3 is 1.65 bits per heavy atom. The maximum atomic E-state index is 3.75. The van der Waals surface area contributed by atoms with Crippen molar-refractivity contribution in [1.29, 1.82) is 0 Å². The van der Waals surface area contributed by atoms with E-state index in [4.69, 9.17) is 0 Å². The van der Waals surface area contributed by atoms with Crippen molar-refractivity contribution < 1.29 is 0 Å². The average Bonchev–Trinajstić information content (AvgIpc) is 3.39. The lowest BCUT2D eigenvalue weighted by Gasteiger charge is -2.25. The van der Waals surface area contributed by atoms with Gasteiger partial charge in [-0.1, -0.05) is 119 Å². The van der Waals surface area contributed by atoms with Crippen LogP contribution >= 0.6 is 15.9 Å². The van der Waals surface area contributed by atoms with E-state index in [2.05, 4.69) is 189 Å². The van der Waals surface area contributed by atoms with Gasteiger partial charge < -0.3 is 9.47 Å². The van der Waals surface area contributed by atoms with Crippen LogP contribution in [0.4, 0.5) is 17.1 Å². The fourth-order valence-electron chi connectivity index (χ4n) is 6.28. The molecule has 0 bridgehead atoms. The van der Waals surface area contributed by atoms with E-state index in [9.17, 15) is 0 Å². The van der Waals surface area contributed by atoms with Gasteiger partial charge in [0.05, 0.1) is 11.0 Å². The van der Waals surface area contributed by atoms with Gasteiger partial charge in [-0.25, -0.2) is 0 Å². The molecular formula is C40H27BrN2. The molecule has 0 aliphatic heterocycles. The highest BCUT2D eigenvalue weighted by atomic mass is 79.9. The van der Waals surface area contributed by atoms with Crippen LogP contribution < -0.4 is 4.90 Å². The summed E-state index contributed by atoms with van der Waals surface area (Å²) in [6, 6.07) is 58.6. The van der Waals surface area contributed by atoms with Crippen LogP contribution in [0.1, 0.15) is 0 Å². The standard InChI is InChI=1S/C40H27BrN2/c41-38-25-24-33(34-18-10-11-19-35(34)38)28-20-22-36-37-23-21-32(27-40(37)43(39(36)26-28)31-16-8-3-9-17-31)42(29-12-4-1-5-13-29)30-14-6-2-7-15-30/h1-27H. The minimum absolute atomic E-state index is 1.11. The van der Waals surface area contributed by atoms with Gasteiger partial charge in [0.15, 0.2) is 0 Å². The molecule has 204 valence electrons. The Hall–Kier alpha value is -5.12. The molecule has 8 aromatic rings. The summed E-state index contributed by atoms with van der Waals surface area (Å²) in [5.74, 6) is 0. The second-order valence-corrected chi connectivity index (χ2v) is 11.6. The Morgan fingerprint density at radius 2 is 0.977 bits per heavy atom. The number of fused-ring (bicyclic) bond motifs is 4. The fraction of sp³-hybridized carbons (Fsp3) is 0. The predicted molar refractivity (Wildman–Crippen MR) is 186 cm³/mol. The van der Waals surface area contributed by atoms with Crippen LogP contribution in [0.15, 0.2) is 168 Å². The Morgan fingerprint density at radius 1 is 0.419 bits per heavy atom. The first kappa shape index (κ1) is 25.6. The molecule has 8 rings (SSSR count). The lowest BCUT2D eigenvalue weighted by atomic mass is 9.97. The summed E-state index contributed by atoms with van der Waals surface area (Å²) in [5, 5.41) is 4.93. The summed E-state index contributed by atoms with van der Waals surface area (Å²) >= 11 is 3.75. The zero-order valence-electron chi connectivity index (χ0n) is 23.4. The van der Waals surface area contributed by atoms with E-state index in [0.29, 0.717) is 0 Å². The van der Waals surface area contributed by atoms with Crippen LogP contribution in [0.3, 0.4) is 0 Å². The van der Waals surface area contributed by atoms with Crippen LogP contribution in [0, 0.1) is 0 Å². The molecule has 0 saturated carbocycles. The molecular weight excluding hydrogens is 588 g/mol. The van der Waals surface area contributed by atoms with Crippen molar-refractivity contribution in [3.8, 4) is 16.8 Å². The predicted octanol–water partition coefficient (Wildman–Crippen LogP) is 11.8. The first-order valence-corrected chi connectivity index (χ1v) is 15.3. The van der Waals surface area contributed by atoms with Crippen molar-refractivity contribution in [3.63, 3.8) is 0 Å². The summed E-state index contributed by atoms with van der Waals surface area (Å²) < 4.78 is 3.52. The summed E-state index contributed by atoms with van der Waals surface area (Å²) in [6.45, 7) is 0. The van der Waals surface area contributed by atoms with E-state index < -0.39 is 0 Å². The Labute approximate surface area is 259 Å². The molecule has 0 aliphatic rings. The van der Waals surface area contributed by atoms with E-state index in [-0.39, 0.29) is 0 Å². The summed E-state index contributed by atoms with van der Waals surface area (Å²) in [7, 11) is 0. The lowest BCUT2D eigenvalue weighted by Crippen LogP contribution is -2.09. The highest BCUT2D eigenvalue weighted by molar-refractivity contribution is 9.10. The molecule has 3 heteroatoms. The SMILES string of the molecule is Brc1ccc(-c2ccc3c4ccc(N(c5ccccc5)c5ccccc5)cc4n(-c4ccccc4)c3c2)c2ccccc12. The van der Waals surface area contributed by atoms with Gasteiger partial charge in [-0.15, -0.1) is 0 Å². The number of hydrogen-bond donors (Lipinski definition) is 0. The summed E-state index contributed by atoms with van der Waals surface area (Å²) in [4.78, 5) is 2.33. The van der Waals surface area contributed by atoms with Gasteiger partial charge in [-0.3, -0.25) is 0 Å². The molecule has 0 unspecified atom stereocenters. The molecule has 0 spiro atoms. The third-order valence-electron chi connectivity index (χ3n) is 8.23. The fourth-order valence-corrected chi connectivity index (χ4v) is 6.76. The highest BCUT2D eigenvalue weighted by Crippen LogP contribution is 2.41. The summed E-state index contributed by atoms with van der Waals surface area (Å²) in [5.41, 5.74) is 9.30. The zero-order chi connectivity index (χ0) is 28.8. The number of anilines is 3. The number of halogens is 1. The number of para-hydroxylation sites is 3. The maximum absolute atomic E-state index is 3.75. The van der Waals surface area contributed by atoms with Crippen LogP contribution in [0.2, 0.25) is 0 Å². The molecule has 0 fully saturated rings. The summed E-state index contributed by atoms with van der Waals surface area (Å²) in [6.07, 6.45) is 0. The molecule has 43 heavy (non-hydrogen) atoms. The number of aromatic nitrogens is 1. The number of nitrogens with zero attached hydrogens (tertiary/aromatic N) is 2. The van der Waals surface area contributed by atoms with Crippen molar-refractivity contribution in [3.05, 3.63) is 168 Å². The van der Waals surface area contributed by atoms with Crippen molar-refractivity contribution in [2.24, 2.45) is 0 Å². The Kier molecular flexibility index (Phi) is 6.31. The van der Waals surface area contributed by atoms with E-state index in [1.165, 1.54) is 43.7 Å². The van der Waals surface area contributed by atoms with Gasteiger partial charge in [0.1, 0.15) is 0 Å². The molecule has 0 saturated heterocycles. The Bertz CT molecular complexity index is 2200. The number of hydrogen-bond acceptors (Lipinski definition) is 1. The lowest BCUT2D eigenvalue weighted by molar-refractivity contribution is 1.18. The maximum Gasteiger partial charge on any atom is 0.0561 e. The van der Waals surface area contributed by atoms with Crippen LogP contribution in [0.25, 0.3) is 49.4 Å². The molecule has 1 aromatic heterocycles. The largest absolute Gasteiger partial charge is 0.310 e. The third-order valence-corrected chi connectivity index (χ3v) is 8.93.